The van der Waals surface area contributed by atoms with Crippen molar-refractivity contribution in [3.05, 3.63) is 185 Å². The number of Topliss-reactive ketones (excluding diaryl/α,β-unsaturated/α-hetero) is 1. The molecule has 0 saturated carbocycles. The van der Waals surface area contributed by atoms with Crippen molar-refractivity contribution in [1.29, 1.82) is 0 Å². The van der Waals surface area contributed by atoms with Crippen LogP contribution in [0.15, 0.2) is 151 Å². The molecule has 4 aromatic heterocycles. The Bertz CT molecular complexity index is 3320. The van der Waals surface area contributed by atoms with Crippen LogP contribution in [-0.2, 0) is 39.1 Å². The number of nitrogen functional groups attached to an aromatic ring is 1. The Morgan fingerprint density at radius 1 is 0.769 bits per heavy atom. The number of carbonyl (C=O) groups excluding carboxylic acids is 2. The number of hydrogen-bond acceptors (Lipinski definition) is 12. The first-order valence-corrected chi connectivity index (χ1v) is 26.9. The van der Waals surface area contributed by atoms with Gasteiger partial charge in [0.1, 0.15) is 29.6 Å². The summed E-state index contributed by atoms with van der Waals surface area (Å²) < 4.78 is 42.5. The number of anilines is 1. The predicted molar refractivity (Wildman–Crippen MR) is 305 cm³/mol. The number of nitrogens with zero attached hydrogens (tertiary/aromatic N) is 7. The van der Waals surface area contributed by atoms with E-state index in [1.54, 1.807) is 81.6 Å². The molecule has 0 fully saturated rings. The van der Waals surface area contributed by atoms with Gasteiger partial charge in [-0.1, -0.05) is 76.6 Å². The highest BCUT2D eigenvalue weighted by Crippen LogP contribution is 2.28. The maximum absolute atomic E-state index is 13.1. The highest BCUT2D eigenvalue weighted by Gasteiger charge is 2.26. The number of imidazole rings is 2. The fraction of sp³-hybridized carbons (Fsp3) is 0.246. The van der Waals surface area contributed by atoms with Gasteiger partial charge < -0.3 is 39.3 Å². The number of aryl methyl sites for hydroxylation is 4. The molecule has 5 heterocycles. The molecular weight excluding hydrogens is 1100 g/mol. The number of rotatable bonds is 16. The van der Waals surface area contributed by atoms with Crippen LogP contribution in [0.5, 0.6) is 5.75 Å². The Morgan fingerprint density at radius 3 is 1.90 bits per heavy atom. The first-order chi connectivity index (χ1) is 36.9. The van der Waals surface area contributed by atoms with Gasteiger partial charge in [-0.3, -0.25) is 9.59 Å². The molecule has 0 radical (unpaired) electrons. The van der Waals surface area contributed by atoms with Crippen molar-refractivity contribution in [3.8, 4) is 28.3 Å². The average molecular weight is 1170 g/mol. The van der Waals surface area contributed by atoms with E-state index in [1.807, 2.05) is 71.4 Å². The Morgan fingerprint density at radius 2 is 1.36 bits per heavy atom. The van der Waals surface area contributed by atoms with Crippen molar-refractivity contribution >= 4 is 73.5 Å². The van der Waals surface area contributed by atoms with Crippen LogP contribution in [0.3, 0.4) is 0 Å². The van der Waals surface area contributed by atoms with E-state index < -0.39 is 22.0 Å². The molecule has 1 amide bonds. The van der Waals surface area contributed by atoms with Crippen molar-refractivity contribution in [1.82, 2.24) is 33.1 Å². The van der Waals surface area contributed by atoms with Gasteiger partial charge in [0, 0.05) is 81.6 Å². The summed E-state index contributed by atoms with van der Waals surface area (Å²) in [5, 5.41) is 17.7. The van der Waals surface area contributed by atoms with Gasteiger partial charge in [-0.05, 0) is 104 Å². The Labute approximate surface area is 468 Å². The van der Waals surface area contributed by atoms with Crippen LogP contribution in [0.2, 0.25) is 0 Å². The summed E-state index contributed by atoms with van der Waals surface area (Å²) in [4.78, 5) is 59.8. The first-order valence-electron chi connectivity index (χ1n) is 24.3. The summed E-state index contributed by atoms with van der Waals surface area (Å²) in [6.45, 7) is 5.09. The summed E-state index contributed by atoms with van der Waals surface area (Å²) in [6, 6.07) is 35.3. The second-order valence-corrected chi connectivity index (χ2v) is 20.3. The summed E-state index contributed by atoms with van der Waals surface area (Å²) in [7, 11) is 1.08. The second kappa shape index (κ2) is 29.1. The third-order valence-corrected chi connectivity index (χ3v) is 14.8. The van der Waals surface area contributed by atoms with Gasteiger partial charge in [0.25, 0.3) is 0 Å². The van der Waals surface area contributed by atoms with Gasteiger partial charge >= 0.3 is 11.9 Å². The summed E-state index contributed by atoms with van der Waals surface area (Å²) in [5.41, 5.74) is 13.1. The maximum atomic E-state index is 13.1. The first kappa shape index (κ1) is 61.1. The van der Waals surface area contributed by atoms with E-state index in [1.165, 1.54) is 48.5 Å². The minimum Gasteiger partial charge on any atom is -0.497 e. The Hall–Kier alpha value is -7.75. The Kier molecular flexibility index (Phi) is 22.8. The summed E-state index contributed by atoms with van der Waals surface area (Å²) in [6.07, 6.45) is 11.1. The number of likely N-dealkylation sites (N-methyl/N-ethyl adjacent to an activating group) is 2. The van der Waals surface area contributed by atoms with Crippen LogP contribution in [0.4, 0.5) is 5.82 Å². The number of amides is 1. The number of carboxylic acids is 2. The number of carbonyl (C=O) groups is 4. The third kappa shape index (κ3) is 16.9. The smallest absolute Gasteiger partial charge is 0.335 e. The lowest BCUT2D eigenvalue weighted by Gasteiger charge is -2.21. The number of ketones is 1. The van der Waals surface area contributed by atoms with Gasteiger partial charge in [-0.2, -0.15) is 4.31 Å². The molecule has 4 aromatic carbocycles. The van der Waals surface area contributed by atoms with Crippen LogP contribution < -0.4 is 10.5 Å². The zero-order chi connectivity index (χ0) is 55.6. The second-order valence-electron chi connectivity index (χ2n) is 17.8. The van der Waals surface area contributed by atoms with E-state index in [4.69, 9.17) is 30.4 Å². The number of ether oxygens (including phenoxy) is 2. The molecule has 0 saturated heterocycles. The number of alkyl halides is 1. The van der Waals surface area contributed by atoms with Crippen LogP contribution in [-0.4, -0.2) is 122 Å². The minimum atomic E-state index is -3.71. The molecule has 9 rings (SSSR count). The molecule has 1 aliphatic rings. The van der Waals surface area contributed by atoms with Crippen LogP contribution in [0.25, 0.3) is 28.2 Å². The maximum Gasteiger partial charge on any atom is 0.335 e. The number of aromatic carboxylic acids is 2. The zero-order valence-corrected chi connectivity index (χ0v) is 47.0. The van der Waals surface area contributed by atoms with Gasteiger partial charge in [-0.25, -0.2) is 33.0 Å². The van der Waals surface area contributed by atoms with Gasteiger partial charge in [0.05, 0.1) is 46.5 Å². The van der Waals surface area contributed by atoms with Crippen LogP contribution in [0, 0.1) is 13.8 Å². The van der Waals surface area contributed by atoms with E-state index in [0.717, 1.165) is 52.5 Å². The zero-order valence-electron chi connectivity index (χ0n) is 43.8. The molecule has 0 aliphatic carbocycles. The SMILES string of the molecule is COc1cc(C)c(S(=O)(=O)N(C)CCOCC(=O)N(C)Cc2ccc(-c3cn4c(n3)CCCC4)cc2)c(C)c1.Cl.Nc1ccccn1.O=C(O)c1ccc(-c2cn3ccccc3n2)cc1.O=C(O)c1ccc(C(=O)CBr)cc1. The summed E-state index contributed by atoms with van der Waals surface area (Å²) in [5.74, 6) is 0.201. The molecule has 1 aliphatic heterocycles. The highest BCUT2D eigenvalue weighted by molar-refractivity contribution is 9.09. The minimum absolute atomic E-state index is 0. The number of nitrogens with two attached hydrogens (primary N) is 1. The quantitative estimate of drug-likeness (QED) is 0.0464. The fourth-order valence-electron chi connectivity index (χ4n) is 7.98. The number of halogens is 2. The molecule has 8 aromatic rings. The van der Waals surface area contributed by atoms with Crippen molar-refractivity contribution in [2.24, 2.45) is 0 Å². The number of benzene rings is 4. The average Bonchev–Trinajstić information content (AvgIpc) is 4.11. The third-order valence-electron chi connectivity index (χ3n) is 12.2. The predicted octanol–water partition coefficient (Wildman–Crippen LogP) is 9.56. The molecule has 0 unspecified atom stereocenters. The van der Waals surface area contributed by atoms with Crippen molar-refractivity contribution in [2.75, 3.05) is 52.0 Å². The highest BCUT2D eigenvalue weighted by atomic mass is 79.9. The number of aromatic nitrogens is 5. The lowest BCUT2D eigenvalue weighted by Crippen LogP contribution is -2.33. The topological polar surface area (TPSA) is 242 Å². The molecule has 21 heteroatoms. The van der Waals surface area contributed by atoms with Crippen molar-refractivity contribution in [2.45, 2.75) is 51.1 Å². The Balaban J connectivity index is 0.000000234. The lowest BCUT2D eigenvalue weighted by molar-refractivity contribution is -0.135. The van der Waals surface area contributed by atoms with E-state index in [-0.39, 0.29) is 65.2 Å². The molecule has 18 nitrogen and oxygen atoms in total. The molecule has 0 bridgehead atoms. The number of pyridine rings is 2. The van der Waals surface area contributed by atoms with E-state index in [2.05, 4.69) is 36.7 Å². The molecule has 4 N–H and O–H groups in total. The lowest BCUT2D eigenvalue weighted by atomic mass is 10.1. The largest absolute Gasteiger partial charge is 0.497 e. The van der Waals surface area contributed by atoms with Crippen LogP contribution >= 0.6 is 28.3 Å². The molecule has 410 valence electrons. The molecule has 0 atom stereocenters. The van der Waals surface area contributed by atoms with Gasteiger partial charge in [0.2, 0.25) is 15.9 Å². The summed E-state index contributed by atoms with van der Waals surface area (Å²) >= 11 is 3.03. The van der Waals surface area contributed by atoms with E-state index in [0.29, 0.717) is 34.8 Å². The monoisotopic (exact) mass is 1160 g/mol. The number of carboxylic acid groups (broad SMARTS) is 2. The number of hydrogen-bond donors (Lipinski definition) is 3. The van der Waals surface area contributed by atoms with Gasteiger partial charge in [0.15, 0.2) is 5.78 Å². The molecule has 0 spiro atoms. The fourth-order valence-corrected chi connectivity index (χ4v) is 9.86. The van der Waals surface area contributed by atoms with Crippen LogP contribution in [0.1, 0.15) is 66.4 Å². The number of methoxy groups -OCH3 is 1. The number of fused-ring (bicyclic) bond motifs is 2. The van der Waals surface area contributed by atoms with E-state index >= 15 is 0 Å². The molecular formula is C57H62BrClN8O10S. The van der Waals surface area contributed by atoms with Crippen molar-refractivity contribution in [3.63, 3.8) is 0 Å². The van der Waals surface area contributed by atoms with E-state index in [9.17, 15) is 27.6 Å². The molecule has 78 heavy (non-hydrogen) atoms. The normalized spacial score (nSPS) is 11.5. The standard InChI is InChI=1S/C29H38N4O5S.C14H10N2O2.C9H7BrO3.C5H6N2.ClH/c1-21-16-25(37-5)17-22(2)29(21)39(35,36)32(4)14-15-38-20-28(34)31(3)18-23-9-11-24(12-10-23)26-19-33-13-7-6-8-27(33)30-26;17-14(18)11-6-4-10(5-7-11)12-9-16-8-2-1-3-13(16)15-12;10-5-8(11)6-1-3-7(4-2-6)9(12)13;6-5-3-1-2-4-7-5;/h9-12,16-17,19H,6-8,13-15,18,20H2,1-5H3;1-9H,(H,17,18);1-4H,5H2,(H,12,13);1-4H,(H2,6,7);1H. The van der Waals surface area contributed by atoms with Crippen molar-refractivity contribution < 1.29 is 47.3 Å². The number of sulfonamides is 1. The van der Waals surface area contributed by atoms with Gasteiger partial charge in [-0.15, -0.1) is 12.4 Å².